The number of carbonyl (C=O) groups excluding carboxylic acids is 1. The first-order valence-electron chi connectivity index (χ1n) is 11.5. The molecule has 30 heavy (non-hydrogen) atoms. The zero-order valence-corrected chi connectivity index (χ0v) is 18.4. The Morgan fingerprint density at radius 3 is 2.20 bits per heavy atom. The van der Waals surface area contributed by atoms with Crippen molar-refractivity contribution < 1.29 is 29.6 Å². The van der Waals surface area contributed by atoms with Crippen LogP contribution in [0.25, 0.3) is 0 Å². The summed E-state index contributed by atoms with van der Waals surface area (Å²) in [7, 11) is 0. The van der Waals surface area contributed by atoms with Crippen LogP contribution in [0.2, 0.25) is 0 Å². The maximum absolute atomic E-state index is 11.4. The van der Waals surface area contributed by atoms with Gasteiger partial charge in [0.05, 0.1) is 13.2 Å². The number of allylic oxidation sites excluding steroid dienone is 4. The number of esters is 1. The van der Waals surface area contributed by atoms with Crippen LogP contribution in [-0.4, -0.2) is 46.7 Å². The lowest BCUT2D eigenvalue weighted by atomic mass is 10.1. The van der Waals surface area contributed by atoms with E-state index >= 15 is 0 Å². The maximum Gasteiger partial charge on any atom is 0.378 e. The predicted molar refractivity (Wildman–Crippen MR) is 118 cm³/mol. The number of cyclic esters (lactones) is 1. The standard InChI is InChI=1S/C24H40O6/c1-2-3-4-5-6-7-8-9-10-11-12-13-14-15-16-17-18-29-23-21(27)24(28)30-22(23)20(26)19-25/h6-7,9-10,20,22,25-27H,2-5,8,11-19H2,1H3/b7-6-,10-9-/t20-,22+/m0/s1. The molecule has 1 heterocycles. The minimum absolute atomic E-state index is 0.0795. The second-order valence-corrected chi connectivity index (χ2v) is 7.72. The molecule has 0 aliphatic carbocycles. The fourth-order valence-electron chi connectivity index (χ4n) is 3.23. The number of unbranched alkanes of at least 4 members (excludes halogenated alkanes) is 9. The SMILES string of the molecule is CCCCC/C=C\C/C=C\CCCCCCCCOC1=C(O)C(=O)O[C@@H]1[C@@H](O)CO. The van der Waals surface area contributed by atoms with Crippen LogP contribution in [0.4, 0.5) is 0 Å². The zero-order valence-electron chi connectivity index (χ0n) is 18.4. The second-order valence-electron chi connectivity index (χ2n) is 7.72. The highest BCUT2D eigenvalue weighted by Crippen LogP contribution is 2.25. The monoisotopic (exact) mass is 424 g/mol. The van der Waals surface area contributed by atoms with Crippen molar-refractivity contribution in [3.05, 3.63) is 35.8 Å². The van der Waals surface area contributed by atoms with Crippen LogP contribution in [0.3, 0.4) is 0 Å². The van der Waals surface area contributed by atoms with E-state index in [9.17, 15) is 15.0 Å². The average Bonchev–Trinajstić information content (AvgIpc) is 3.03. The van der Waals surface area contributed by atoms with Gasteiger partial charge in [0.2, 0.25) is 5.76 Å². The Kier molecular flexibility index (Phi) is 14.8. The average molecular weight is 425 g/mol. The van der Waals surface area contributed by atoms with E-state index in [1.807, 2.05) is 0 Å². The molecule has 0 unspecified atom stereocenters. The lowest BCUT2D eigenvalue weighted by molar-refractivity contribution is -0.148. The molecule has 1 aliphatic heterocycles. The van der Waals surface area contributed by atoms with E-state index in [2.05, 4.69) is 31.2 Å². The van der Waals surface area contributed by atoms with Crippen molar-refractivity contribution in [2.75, 3.05) is 13.2 Å². The summed E-state index contributed by atoms with van der Waals surface area (Å²) >= 11 is 0. The molecule has 0 spiro atoms. The van der Waals surface area contributed by atoms with Crippen LogP contribution < -0.4 is 0 Å². The third-order valence-corrected chi connectivity index (χ3v) is 5.06. The molecule has 0 aromatic carbocycles. The molecule has 172 valence electrons. The number of ether oxygens (including phenoxy) is 2. The molecule has 1 rings (SSSR count). The molecule has 0 saturated carbocycles. The van der Waals surface area contributed by atoms with Gasteiger partial charge >= 0.3 is 5.97 Å². The molecule has 1 aliphatic rings. The first-order valence-corrected chi connectivity index (χ1v) is 11.5. The minimum Gasteiger partial charge on any atom is -0.499 e. The number of hydrogen-bond acceptors (Lipinski definition) is 6. The van der Waals surface area contributed by atoms with E-state index < -0.39 is 30.5 Å². The summed E-state index contributed by atoms with van der Waals surface area (Å²) < 4.78 is 10.3. The summed E-state index contributed by atoms with van der Waals surface area (Å²) in [6.07, 6.45) is 20.3. The van der Waals surface area contributed by atoms with Gasteiger partial charge in [0.25, 0.3) is 0 Å². The molecule has 6 nitrogen and oxygen atoms in total. The lowest BCUT2D eigenvalue weighted by Gasteiger charge is -2.18. The van der Waals surface area contributed by atoms with E-state index in [0.29, 0.717) is 6.61 Å². The van der Waals surface area contributed by atoms with Crippen molar-refractivity contribution >= 4 is 5.97 Å². The van der Waals surface area contributed by atoms with Gasteiger partial charge in [-0.2, -0.15) is 0 Å². The van der Waals surface area contributed by atoms with Crippen LogP contribution in [0.5, 0.6) is 0 Å². The van der Waals surface area contributed by atoms with Crippen LogP contribution in [0, 0.1) is 0 Å². The second kappa shape index (κ2) is 16.9. The predicted octanol–water partition coefficient (Wildman–Crippen LogP) is 4.86. The Balaban J connectivity index is 1.99. The molecular weight excluding hydrogens is 384 g/mol. The van der Waals surface area contributed by atoms with E-state index in [1.54, 1.807) is 0 Å². The first-order chi connectivity index (χ1) is 14.6. The van der Waals surface area contributed by atoms with Gasteiger partial charge in [-0.25, -0.2) is 4.79 Å². The van der Waals surface area contributed by atoms with Crippen molar-refractivity contribution in [3.8, 4) is 0 Å². The smallest absolute Gasteiger partial charge is 0.378 e. The van der Waals surface area contributed by atoms with E-state index in [4.69, 9.17) is 14.6 Å². The maximum atomic E-state index is 11.4. The van der Waals surface area contributed by atoms with Crippen molar-refractivity contribution in [2.24, 2.45) is 0 Å². The van der Waals surface area contributed by atoms with Crippen LogP contribution >= 0.6 is 0 Å². The van der Waals surface area contributed by atoms with Crippen LogP contribution in [0.1, 0.15) is 84.0 Å². The number of carbonyl (C=O) groups is 1. The summed E-state index contributed by atoms with van der Waals surface area (Å²) in [6, 6.07) is 0. The van der Waals surface area contributed by atoms with Crippen molar-refractivity contribution in [3.63, 3.8) is 0 Å². The molecule has 0 aromatic heterocycles. The summed E-state index contributed by atoms with van der Waals surface area (Å²) in [5.74, 6) is -1.63. The topological polar surface area (TPSA) is 96.2 Å². The Labute approximate surface area is 181 Å². The van der Waals surface area contributed by atoms with Gasteiger partial charge in [0, 0.05) is 0 Å². The number of rotatable bonds is 18. The highest BCUT2D eigenvalue weighted by atomic mass is 16.6. The van der Waals surface area contributed by atoms with E-state index in [0.717, 1.165) is 32.1 Å². The first kappa shape index (κ1) is 26.2. The normalized spacial score (nSPS) is 18.0. The Morgan fingerprint density at radius 1 is 0.967 bits per heavy atom. The summed E-state index contributed by atoms with van der Waals surface area (Å²) in [6.45, 7) is 1.98. The Hall–Kier alpha value is -1.79. The highest BCUT2D eigenvalue weighted by Gasteiger charge is 2.40. The summed E-state index contributed by atoms with van der Waals surface area (Å²) in [4.78, 5) is 11.4. The summed E-state index contributed by atoms with van der Waals surface area (Å²) in [5.41, 5.74) is 0. The van der Waals surface area contributed by atoms with Gasteiger partial charge in [-0.3, -0.25) is 0 Å². The summed E-state index contributed by atoms with van der Waals surface area (Å²) in [5, 5.41) is 28.3. The van der Waals surface area contributed by atoms with E-state index in [1.165, 1.54) is 44.9 Å². The zero-order chi connectivity index (χ0) is 22.0. The molecule has 0 radical (unpaired) electrons. The molecule has 0 aromatic rings. The van der Waals surface area contributed by atoms with E-state index in [-0.39, 0.29) is 5.76 Å². The van der Waals surface area contributed by atoms with Gasteiger partial charge in [-0.05, 0) is 38.5 Å². The third kappa shape index (κ3) is 10.8. The fraction of sp³-hybridized carbons (Fsp3) is 0.708. The van der Waals surface area contributed by atoms with Crippen molar-refractivity contribution in [2.45, 2.75) is 96.2 Å². The van der Waals surface area contributed by atoms with Gasteiger partial charge in [0.1, 0.15) is 6.10 Å². The number of hydrogen-bond donors (Lipinski definition) is 3. The van der Waals surface area contributed by atoms with Crippen LogP contribution in [0.15, 0.2) is 35.8 Å². The largest absolute Gasteiger partial charge is 0.499 e. The van der Waals surface area contributed by atoms with Gasteiger partial charge in [-0.15, -0.1) is 0 Å². The molecule has 0 bridgehead atoms. The molecule has 3 N–H and O–H groups in total. The van der Waals surface area contributed by atoms with Gasteiger partial charge in [0.15, 0.2) is 11.9 Å². The van der Waals surface area contributed by atoms with Crippen molar-refractivity contribution in [1.82, 2.24) is 0 Å². The third-order valence-electron chi connectivity index (χ3n) is 5.06. The Morgan fingerprint density at radius 2 is 1.57 bits per heavy atom. The molecule has 0 fully saturated rings. The molecule has 0 amide bonds. The molecule has 0 saturated heterocycles. The van der Waals surface area contributed by atoms with Crippen molar-refractivity contribution in [1.29, 1.82) is 0 Å². The minimum atomic E-state index is -1.30. The lowest BCUT2D eigenvalue weighted by Crippen LogP contribution is -2.32. The quantitative estimate of drug-likeness (QED) is 0.165. The Bertz CT molecular complexity index is 552. The highest BCUT2D eigenvalue weighted by molar-refractivity contribution is 5.89. The van der Waals surface area contributed by atoms with Gasteiger partial charge in [-0.1, -0.05) is 69.8 Å². The molecular formula is C24H40O6. The number of aliphatic hydroxyl groups is 3. The van der Waals surface area contributed by atoms with Crippen LogP contribution in [-0.2, 0) is 14.3 Å². The van der Waals surface area contributed by atoms with Gasteiger partial charge < -0.3 is 24.8 Å². The fourth-order valence-corrected chi connectivity index (χ4v) is 3.23. The number of aliphatic hydroxyl groups excluding tert-OH is 3. The molecule has 6 heteroatoms. The molecule has 2 atom stereocenters.